The molecule has 0 fully saturated rings. The van der Waals surface area contributed by atoms with Crippen molar-refractivity contribution in [1.29, 1.82) is 0 Å². The van der Waals surface area contributed by atoms with Crippen molar-refractivity contribution in [2.24, 2.45) is 5.92 Å². The van der Waals surface area contributed by atoms with Gasteiger partial charge >= 0.3 is 0 Å². The summed E-state index contributed by atoms with van der Waals surface area (Å²) in [5.74, 6) is -4.01. The van der Waals surface area contributed by atoms with Crippen LogP contribution in [0.25, 0.3) is 11.1 Å². The largest absolute Gasteiger partial charge is 0.512 e. The number of ether oxygens (including phenoxy) is 2. The minimum atomic E-state index is -1.78. The SMILES string of the molecule is Cc1cc2c(c(O)c1-c1ccc3c(c1O)C(=O)C1=C(O)CC(C)C(O)C1(C)O3)C(=O)C1=C(O)CC(O)C(O)C1(C)O2. The van der Waals surface area contributed by atoms with Crippen LogP contribution in [0.15, 0.2) is 40.9 Å². The van der Waals surface area contributed by atoms with Crippen molar-refractivity contribution in [3.8, 4) is 34.1 Å². The molecule has 0 bridgehead atoms. The Morgan fingerprint density at radius 1 is 0.756 bits per heavy atom. The van der Waals surface area contributed by atoms with E-state index >= 15 is 0 Å². The Morgan fingerprint density at radius 2 is 1.29 bits per heavy atom. The van der Waals surface area contributed by atoms with Gasteiger partial charge in [0.15, 0.2) is 11.2 Å². The Bertz CT molecular complexity index is 1640. The second-order valence-electron chi connectivity index (χ2n) is 11.7. The first kappa shape index (κ1) is 27.1. The molecule has 2 aromatic carbocycles. The van der Waals surface area contributed by atoms with Crippen LogP contribution in [0.3, 0.4) is 0 Å². The van der Waals surface area contributed by atoms with E-state index in [0.717, 1.165) is 0 Å². The number of hydrogen-bond acceptors (Lipinski definition) is 11. The summed E-state index contributed by atoms with van der Waals surface area (Å²) in [4.78, 5) is 27.3. The fourth-order valence-electron chi connectivity index (χ4n) is 6.84. The molecule has 11 nitrogen and oxygen atoms in total. The molecule has 2 heterocycles. The van der Waals surface area contributed by atoms with Crippen molar-refractivity contribution in [2.45, 2.75) is 70.1 Å². The lowest BCUT2D eigenvalue weighted by molar-refractivity contribution is -0.0975. The highest BCUT2D eigenvalue weighted by Crippen LogP contribution is 2.54. The number of aromatic hydroxyl groups is 2. The highest BCUT2D eigenvalue weighted by Gasteiger charge is 2.56. The molecule has 0 aromatic heterocycles. The molecule has 2 aliphatic heterocycles. The van der Waals surface area contributed by atoms with Crippen LogP contribution in [0, 0.1) is 12.8 Å². The number of carbonyl (C=O) groups excluding carboxylic acids is 2. The van der Waals surface area contributed by atoms with Gasteiger partial charge in [-0.25, -0.2) is 0 Å². The predicted molar refractivity (Wildman–Crippen MR) is 142 cm³/mol. The third-order valence-corrected chi connectivity index (χ3v) is 8.94. The van der Waals surface area contributed by atoms with Gasteiger partial charge in [-0.05, 0) is 50.5 Å². The zero-order valence-corrected chi connectivity index (χ0v) is 22.7. The number of rotatable bonds is 1. The molecule has 6 rings (SSSR count). The lowest BCUT2D eigenvalue weighted by atomic mass is 9.71. The Balaban J connectivity index is 1.53. The lowest BCUT2D eigenvalue weighted by Crippen LogP contribution is -2.58. The van der Waals surface area contributed by atoms with Gasteiger partial charge in [0.25, 0.3) is 0 Å². The quantitative estimate of drug-likeness (QED) is 0.268. The maximum Gasteiger partial charge on any atom is 0.204 e. The van der Waals surface area contributed by atoms with E-state index in [4.69, 9.17) is 9.47 Å². The van der Waals surface area contributed by atoms with Gasteiger partial charge in [-0.3, -0.25) is 9.59 Å². The Morgan fingerprint density at radius 3 is 1.93 bits per heavy atom. The molecule has 7 N–H and O–H groups in total. The second-order valence-corrected chi connectivity index (χ2v) is 11.7. The Hall–Kier alpha value is -4.06. The minimum absolute atomic E-state index is 0.00211. The first-order chi connectivity index (χ1) is 19.1. The number of hydrogen-bond donors (Lipinski definition) is 7. The van der Waals surface area contributed by atoms with Crippen molar-refractivity contribution < 1.29 is 54.8 Å². The van der Waals surface area contributed by atoms with Gasteiger partial charge in [-0.1, -0.05) is 6.92 Å². The van der Waals surface area contributed by atoms with Gasteiger partial charge in [-0.2, -0.15) is 0 Å². The molecular weight excluding hydrogens is 536 g/mol. The predicted octanol–water partition coefficient (Wildman–Crippen LogP) is 2.89. The van der Waals surface area contributed by atoms with Crippen LogP contribution >= 0.6 is 0 Å². The normalized spacial score (nSPS) is 32.5. The number of fused-ring (bicyclic) bond motifs is 4. The van der Waals surface area contributed by atoms with Gasteiger partial charge in [0.2, 0.25) is 11.6 Å². The van der Waals surface area contributed by atoms with Gasteiger partial charge < -0.3 is 45.2 Å². The number of phenolic OH excluding ortho intramolecular Hbond substituents is 2. The van der Waals surface area contributed by atoms with E-state index in [2.05, 4.69) is 0 Å². The summed E-state index contributed by atoms with van der Waals surface area (Å²) in [5, 5.41) is 75.7. The first-order valence-corrected chi connectivity index (χ1v) is 13.2. The molecule has 216 valence electrons. The van der Waals surface area contributed by atoms with E-state index in [1.165, 1.54) is 32.0 Å². The zero-order valence-electron chi connectivity index (χ0n) is 22.7. The summed E-state index contributed by atoms with van der Waals surface area (Å²) in [6.45, 7) is 6.14. The maximum atomic E-state index is 13.7. The third kappa shape index (κ3) is 3.36. The van der Waals surface area contributed by atoms with E-state index < -0.39 is 70.7 Å². The summed E-state index contributed by atoms with van der Waals surface area (Å²) in [6.07, 6.45) is -4.39. The molecular formula is C30H30O11. The number of ketones is 2. The third-order valence-electron chi connectivity index (χ3n) is 8.94. The number of aliphatic hydroxyl groups excluding tert-OH is 5. The van der Waals surface area contributed by atoms with Crippen LogP contribution in [0.1, 0.15) is 59.9 Å². The van der Waals surface area contributed by atoms with Gasteiger partial charge in [0, 0.05) is 24.0 Å². The van der Waals surface area contributed by atoms with E-state index in [1.54, 1.807) is 13.8 Å². The molecule has 2 aromatic rings. The fourth-order valence-corrected chi connectivity index (χ4v) is 6.84. The monoisotopic (exact) mass is 566 g/mol. The molecule has 0 saturated heterocycles. The molecule has 0 amide bonds. The summed E-state index contributed by atoms with van der Waals surface area (Å²) in [7, 11) is 0. The molecule has 0 spiro atoms. The topological polar surface area (TPSA) is 194 Å². The summed E-state index contributed by atoms with van der Waals surface area (Å²) < 4.78 is 12.0. The van der Waals surface area contributed by atoms with Crippen molar-refractivity contribution >= 4 is 11.6 Å². The average Bonchev–Trinajstić information content (AvgIpc) is 2.86. The number of Topliss-reactive ketones (excluding diaryl/α,β-unsaturated/α-hetero) is 2. The number of aryl methyl sites for hydroxylation is 1. The van der Waals surface area contributed by atoms with E-state index in [-0.39, 0.29) is 57.1 Å². The van der Waals surface area contributed by atoms with Crippen LogP contribution in [-0.4, -0.2) is 76.8 Å². The van der Waals surface area contributed by atoms with Gasteiger partial charge in [0.1, 0.15) is 57.9 Å². The smallest absolute Gasteiger partial charge is 0.204 e. The van der Waals surface area contributed by atoms with Gasteiger partial charge in [-0.15, -0.1) is 0 Å². The van der Waals surface area contributed by atoms with E-state index in [1.807, 2.05) is 0 Å². The molecule has 41 heavy (non-hydrogen) atoms. The van der Waals surface area contributed by atoms with Crippen LogP contribution in [-0.2, 0) is 0 Å². The zero-order chi connectivity index (χ0) is 29.9. The van der Waals surface area contributed by atoms with Gasteiger partial charge in [0.05, 0.1) is 17.3 Å². The lowest BCUT2D eigenvalue weighted by Gasteiger charge is -2.45. The van der Waals surface area contributed by atoms with Crippen molar-refractivity contribution in [1.82, 2.24) is 0 Å². The minimum Gasteiger partial charge on any atom is -0.512 e. The first-order valence-electron chi connectivity index (χ1n) is 13.2. The van der Waals surface area contributed by atoms with Crippen LogP contribution in [0.5, 0.6) is 23.0 Å². The molecule has 0 radical (unpaired) electrons. The van der Waals surface area contributed by atoms with Crippen LogP contribution in [0.2, 0.25) is 0 Å². The van der Waals surface area contributed by atoms with E-state index in [9.17, 15) is 45.3 Å². The van der Waals surface area contributed by atoms with Crippen molar-refractivity contribution in [2.75, 3.05) is 0 Å². The van der Waals surface area contributed by atoms with Crippen LogP contribution < -0.4 is 9.47 Å². The average molecular weight is 567 g/mol. The van der Waals surface area contributed by atoms with E-state index in [0.29, 0.717) is 5.56 Å². The van der Waals surface area contributed by atoms with Crippen molar-refractivity contribution in [3.05, 3.63) is 57.6 Å². The molecule has 2 aliphatic carbocycles. The number of carbonyl (C=O) groups is 2. The highest BCUT2D eigenvalue weighted by molar-refractivity contribution is 6.18. The summed E-state index contributed by atoms with van der Waals surface area (Å²) in [6, 6.07) is 4.20. The molecule has 11 heteroatoms. The number of allylic oxidation sites excluding steroid dienone is 1. The molecule has 0 saturated carbocycles. The Labute approximate surface area is 234 Å². The number of benzene rings is 2. The fraction of sp³-hybridized carbons (Fsp3) is 0.400. The maximum absolute atomic E-state index is 13.7. The molecule has 6 unspecified atom stereocenters. The summed E-state index contributed by atoms with van der Waals surface area (Å²) >= 11 is 0. The molecule has 4 aliphatic rings. The Kier molecular flexibility index (Phi) is 5.61. The number of aliphatic hydroxyl groups is 5. The summed E-state index contributed by atoms with van der Waals surface area (Å²) in [5.41, 5.74) is -4.11. The molecule has 6 atom stereocenters. The van der Waals surface area contributed by atoms with Crippen LogP contribution in [0.4, 0.5) is 0 Å². The second kappa shape index (κ2) is 8.48. The van der Waals surface area contributed by atoms with Crippen molar-refractivity contribution in [3.63, 3.8) is 0 Å². The standard InChI is InChI=1S/C30H30O11/c1-10-8-17-20(26(37)22-14(32)9-15(33)28(39)30(22,4)41-17)24(35)18(10)12-5-6-16-19(23(12)34)25(36)21-13(31)7-11(2)27(38)29(21,3)40-16/h5-6,8,11,15,27-28,31-35,38-39H,7,9H2,1-4H3. The highest BCUT2D eigenvalue weighted by atomic mass is 16.5. The number of phenols is 2.